The van der Waals surface area contributed by atoms with E-state index in [-0.39, 0.29) is 30.2 Å². The third-order valence-corrected chi connectivity index (χ3v) is 5.01. The van der Waals surface area contributed by atoms with Crippen molar-refractivity contribution in [2.75, 3.05) is 24.5 Å². The van der Waals surface area contributed by atoms with Gasteiger partial charge in [0.15, 0.2) is 0 Å². The molecule has 8 nitrogen and oxygen atoms in total. The van der Waals surface area contributed by atoms with Crippen molar-refractivity contribution in [1.82, 2.24) is 16.0 Å². The van der Waals surface area contributed by atoms with Crippen LogP contribution in [0.2, 0.25) is 0 Å². The van der Waals surface area contributed by atoms with Gasteiger partial charge in [0.25, 0.3) is 11.8 Å². The molecule has 0 unspecified atom stereocenters. The average molecular weight is 422 g/mol. The predicted molar refractivity (Wildman–Crippen MR) is 117 cm³/mol. The molecule has 31 heavy (non-hydrogen) atoms. The Labute approximate surface area is 181 Å². The van der Waals surface area contributed by atoms with Gasteiger partial charge in [-0.25, -0.2) is 0 Å². The van der Waals surface area contributed by atoms with Gasteiger partial charge in [-0.3, -0.25) is 19.2 Å². The topological polar surface area (TPSA) is 108 Å². The molecule has 8 heteroatoms. The standard InChI is InChI=1S/C23H26N4O4/c1-3-24-22(30)18-6-4-5-16(11-18)13-26-23(31)19-7-8-20-17(12-19)9-10-27(20)21(29)14-25-15(2)28/h4-8,11-12H,3,9-10,13-14H2,1-2H3,(H,24,30)(H,25,28)(H,26,31). The maximum absolute atomic E-state index is 12.6. The van der Waals surface area contributed by atoms with Crippen LogP contribution in [0.4, 0.5) is 5.69 Å². The Morgan fingerprint density at radius 3 is 2.42 bits per heavy atom. The predicted octanol–water partition coefficient (Wildman–Crippen LogP) is 1.39. The minimum Gasteiger partial charge on any atom is -0.352 e. The summed E-state index contributed by atoms with van der Waals surface area (Å²) in [5.41, 5.74) is 3.57. The summed E-state index contributed by atoms with van der Waals surface area (Å²) in [5.74, 6) is -0.810. The first-order valence-electron chi connectivity index (χ1n) is 10.2. The zero-order valence-corrected chi connectivity index (χ0v) is 17.7. The molecule has 0 aliphatic carbocycles. The highest BCUT2D eigenvalue weighted by molar-refractivity contribution is 6.00. The lowest BCUT2D eigenvalue weighted by molar-refractivity contribution is -0.123. The van der Waals surface area contributed by atoms with E-state index in [2.05, 4.69) is 16.0 Å². The van der Waals surface area contributed by atoms with Crippen LogP contribution in [0, 0.1) is 0 Å². The van der Waals surface area contributed by atoms with E-state index in [1.807, 2.05) is 13.0 Å². The van der Waals surface area contributed by atoms with E-state index in [1.165, 1.54) is 6.92 Å². The lowest BCUT2D eigenvalue weighted by Crippen LogP contribution is -2.38. The van der Waals surface area contributed by atoms with Crippen LogP contribution in [0.1, 0.15) is 45.7 Å². The van der Waals surface area contributed by atoms with E-state index in [9.17, 15) is 19.2 Å². The van der Waals surface area contributed by atoms with Gasteiger partial charge in [-0.1, -0.05) is 12.1 Å². The zero-order chi connectivity index (χ0) is 22.4. The van der Waals surface area contributed by atoms with Crippen molar-refractivity contribution in [2.45, 2.75) is 26.8 Å². The summed E-state index contributed by atoms with van der Waals surface area (Å²) in [4.78, 5) is 49.5. The fraction of sp³-hybridized carbons (Fsp3) is 0.304. The zero-order valence-electron chi connectivity index (χ0n) is 17.7. The van der Waals surface area contributed by atoms with Crippen molar-refractivity contribution in [1.29, 1.82) is 0 Å². The fourth-order valence-corrected chi connectivity index (χ4v) is 3.47. The van der Waals surface area contributed by atoms with E-state index in [0.29, 0.717) is 37.2 Å². The first-order chi connectivity index (χ1) is 14.9. The van der Waals surface area contributed by atoms with Crippen LogP contribution in [0.5, 0.6) is 0 Å². The van der Waals surface area contributed by atoms with Crippen molar-refractivity contribution in [2.24, 2.45) is 0 Å². The minimum absolute atomic E-state index is 0.0493. The van der Waals surface area contributed by atoms with Crippen LogP contribution >= 0.6 is 0 Å². The number of rotatable bonds is 7. The van der Waals surface area contributed by atoms with Crippen molar-refractivity contribution >= 4 is 29.3 Å². The normalized spacial score (nSPS) is 12.1. The van der Waals surface area contributed by atoms with Crippen LogP contribution in [-0.4, -0.2) is 43.3 Å². The van der Waals surface area contributed by atoms with E-state index in [4.69, 9.17) is 0 Å². The number of benzene rings is 2. The fourth-order valence-electron chi connectivity index (χ4n) is 3.47. The van der Waals surface area contributed by atoms with Crippen LogP contribution in [0.25, 0.3) is 0 Å². The first kappa shape index (κ1) is 22.0. The molecule has 4 amide bonds. The molecule has 3 rings (SSSR count). The van der Waals surface area contributed by atoms with Crippen LogP contribution in [0.3, 0.4) is 0 Å². The Morgan fingerprint density at radius 2 is 1.68 bits per heavy atom. The molecular weight excluding hydrogens is 396 g/mol. The number of carbonyl (C=O) groups excluding carboxylic acids is 4. The maximum atomic E-state index is 12.6. The number of carbonyl (C=O) groups is 4. The summed E-state index contributed by atoms with van der Waals surface area (Å²) in [6, 6.07) is 12.4. The SMILES string of the molecule is CCNC(=O)c1cccc(CNC(=O)c2ccc3c(c2)CCN3C(=O)CNC(C)=O)c1. The Balaban J connectivity index is 1.62. The van der Waals surface area contributed by atoms with Crippen molar-refractivity contribution < 1.29 is 19.2 Å². The number of anilines is 1. The molecule has 0 atom stereocenters. The van der Waals surface area contributed by atoms with E-state index >= 15 is 0 Å². The molecule has 0 saturated heterocycles. The lowest BCUT2D eigenvalue weighted by Gasteiger charge is -2.17. The summed E-state index contributed by atoms with van der Waals surface area (Å²) in [7, 11) is 0. The monoisotopic (exact) mass is 422 g/mol. The Bertz CT molecular complexity index is 1020. The summed E-state index contributed by atoms with van der Waals surface area (Å²) in [5, 5.41) is 8.14. The molecule has 2 aromatic carbocycles. The largest absolute Gasteiger partial charge is 0.352 e. The smallest absolute Gasteiger partial charge is 0.251 e. The molecule has 1 heterocycles. The Kier molecular flexibility index (Phi) is 7.02. The van der Waals surface area contributed by atoms with Gasteiger partial charge >= 0.3 is 0 Å². The van der Waals surface area contributed by atoms with Gasteiger partial charge in [-0.15, -0.1) is 0 Å². The Hall–Kier alpha value is -3.68. The van der Waals surface area contributed by atoms with E-state index in [0.717, 1.165) is 16.8 Å². The summed E-state index contributed by atoms with van der Waals surface area (Å²) in [6.45, 7) is 4.54. The van der Waals surface area contributed by atoms with E-state index in [1.54, 1.807) is 41.3 Å². The highest BCUT2D eigenvalue weighted by Gasteiger charge is 2.25. The molecule has 1 aliphatic heterocycles. The second kappa shape index (κ2) is 9.88. The number of fused-ring (bicyclic) bond motifs is 1. The first-order valence-corrected chi connectivity index (χ1v) is 10.2. The molecule has 162 valence electrons. The molecule has 0 spiro atoms. The van der Waals surface area contributed by atoms with Crippen molar-refractivity contribution in [3.63, 3.8) is 0 Å². The number of hydrogen-bond donors (Lipinski definition) is 3. The molecular formula is C23H26N4O4. The molecule has 0 aromatic heterocycles. The minimum atomic E-state index is -0.253. The molecule has 0 bridgehead atoms. The second-order valence-corrected chi connectivity index (χ2v) is 7.29. The number of amides is 4. The molecule has 2 aromatic rings. The van der Waals surface area contributed by atoms with Gasteiger partial charge in [0.2, 0.25) is 11.8 Å². The highest BCUT2D eigenvalue weighted by atomic mass is 16.2. The van der Waals surface area contributed by atoms with Crippen LogP contribution < -0.4 is 20.9 Å². The molecule has 0 fully saturated rings. The van der Waals surface area contributed by atoms with Crippen LogP contribution in [-0.2, 0) is 22.6 Å². The summed E-state index contributed by atoms with van der Waals surface area (Å²) >= 11 is 0. The molecule has 1 aliphatic rings. The third kappa shape index (κ3) is 5.48. The average Bonchev–Trinajstić information content (AvgIpc) is 3.19. The quantitative estimate of drug-likeness (QED) is 0.627. The van der Waals surface area contributed by atoms with Crippen molar-refractivity contribution in [3.8, 4) is 0 Å². The lowest BCUT2D eigenvalue weighted by atomic mass is 10.1. The number of nitrogens with zero attached hydrogens (tertiary/aromatic N) is 1. The summed E-state index contributed by atoms with van der Waals surface area (Å²) < 4.78 is 0. The molecule has 0 radical (unpaired) electrons. The van der Waals surface area contributed by atoms with Gasteiger partial charge in [-0.2, -0.15) is 0 Å². The number of nitrogens with one attached hydrogen (secondary N) is 3. The van der Waals surface area contributed by atoms with Crippen molar-refractivity contribution in [3.05, 3.63) is 64.7 Å². The van der Waals surface area contributed by atoms with Crippen LogP contribution in [0.15, 0.2) is 42.5 Å². The molecule has 0 saturated carbocycles. The maximum Gasteiger partial charge on any atom is 0.251 e. The van der Waals surface area contributed by atoms with Gasteiger partial charge in [0.05, 0.1) is 6.54 Å². The van der Waals surface area contributed by atoms with E-state index < -0.39 is 0 Å². The highest BCUT2D eigenvalue weighted by Crippen LogP contribution is 2.29. The van der Waals surface area contributed by atoms with Gasteiger partial charge < -0.3 is 20.9 Å². The van der Waals surface area contributed by atoms with Gasteiger partial charge in [0.1, 0.15) is 0 Å². The Morgan fingerprint density at radius 1 is 0.935 bits per heavy atom. The van der Waals surface area contributed by atoms with Gasteiger partial charge in [-0.05, 0) is 54.8 Å². The molecule has 3 N–H and O–H groups in total. The second-order valence-electron chi connectivity index (χ2n) is 7.29. The van der Waals surface area contributed by atoms with Gasteiger partial charge in [0, 0.05) is 43.4 Å². The third-order valence-electron chi connectivity index (χ3n) is 5.01. The number of hydrogen-bond acceptors (Lipinski definition) is 4. The summed E-state index contributed by atoms with van der Waals surface area (Å²) in [6.07, 6.45) is 0.650.